The van der Waals surface area contributed by atoms with E-state index in [9.17, 15) is 13.2 Å². The summed E-state index contributed by atoms with van der Waals surface area (Å²) in [5.41, 5.74) is 3.33. The molecule has 0 radical (unpaired) electrons. The molecule has 3 aromatic carbocycles. The lowest BCUT2D eigenvalue weighted by Gasteiger charge is -2.21. The van der Waals surface area contributed by atoms with E-state index in [1.165, 1.54) is 4.31 Å². The Hall–Kier alpha value is -3.22. The Morgan fingerprint density at radius 2 is 1.62 bits per heavy atom. The van der Waals surface area contributed by atoms with Crippen molar-refractivity contribution < 1.29 is 13.2 Å². The lowest BCUT2D eigenvalue weighted by Crippen LogP contribution is -2.31. The molecule has 32 heavy (non-hydrogen) atoms. The van der Waals surface area contributed by atoms with Crippen LogP contribution in [0.3, 0.4) is 0 Å². The fraction of sp³-hybridized carbons (Fsp3) is 0.192. The molecule has 1 amide bonds. The van der Waals surface area contributed by atoms with E-state index in [1.807, 2.05) is 44.2 Å². The number of nitrogens with zero attached hydrogens (tertiary/aromatic N) is 1. The molecule has 0 heterocycles. The molecule has 0 aromatic heterocycles. The number of carbonyl (C=O) groups is 1. The molecule has 0 bridgehead atoms. The number of benzene rings is 3. The van der Waals surface area contributed by atoms with Crippen molar-refractivity contribution in [3.63, 3.8) is 0 Å². The van der Waals surface area contributed by atoms with Crippen LogP contribution in [0, 0.1) is 6.92 Å². The minimum Gasteiger partial charge on any atom is -0.346 e. The highest BCUT2D eigenvalue weighted by molar-refractivity contribution is 7.89. The minimum absolute atomic E-state index is 0.119. The van der Waals surface area contributed by atoms with Crippen molar-refractivity contribution in [2.24, 2.45) is 0 Å². The molecule has 0 unspecified atom stereocenters. The van der Waals surface area contributed by atoms with E-state index in [4.69, 9.17) is 0 Å². The average molecular weight is 449 g/mol. The summed E-state index contributed by atoms with van der Waals surface area (Å²) in [6, 6.07) is 23.4. The maximum absolute atomic E-state index is 13.1. The summed E-state index contributed by atoms with van der Waals surface area (Å²) in [5.74, 6) is -0.178. The highest BCUT2D eigenvalue weighted by atomic mass is 32.2. The lowest BCUT2D eigenvalue weighted by atomic mass is 10.1. The number of hydrogen-bond acceptors (Lipinski definition) is 3. The molecule has 0 saturated heterocycles. The van der Waals surface area contributed by atoms with Crippen LogP contribution in [0.5, 0.6) is 0 Å². The van der Waals surface area contributed by atoms with Crippen LogP contribution < -0.4 is 5.32 Å². The summed E-state index contributed by atoms with van der Waals surface area (Å²) in [5, 5.41) is 2.98. The van der Waals surface area contributed by atoms with Gasteiger partial charge in [-0.15, -0.1) is 6.58 Å². The fourth-order valence-electron chi connectivity index (χ4n) is 3.32. The van der Waals surface area contributed by atoms with Gasteiger partial charge < -0.3 is 5.32 Å². The van der Waals surface area contributed by atoms with Crippen LogP contribution in [0.4, 0.5) is 0 Å². The van der Waals surface area contributed by atoms with Crippen LogP contribution in [0.2, 0.25) is 0 Å². The average Bonchev–Trinajstić information content (AvgIpc) is 2.80. The van der Waals surface area contributed by atoms with Gasteiger partial charge in [0.25, 0.3) is 5.91 Å². The van der Waals surface area contributed by atoms with Crippen LogP contribution in [-0.4, -0.2) is 25.2 Å². The molecule has 0 spiro atoms. The van der Waals surface area contributed by atoms with Crippen molar-refractivity contribution in [1.82, 2.24) is 9.62 Å². The Kier molecular flexibility index (Phi) is 7.62. The van der Waals surface area contributed by atoms with E-state index in [0.717, 1.165) is 16.7 Å². The third-order valence-corrected chi connectivity index (χ3v) is 7.04. The predicted molar refractivity (Wildman–Crippen MR) is 128 cm³/mol. The van der Waals surface area contributed by atoms with Crippen LogP contribution >= 0.6 is 0 Å². The molecule has 3 rings (SSSR count). The third kappa shape index (κ3) is 5.72. The van der Waals surface area contributed by atoms with Crippen molar-refractivity contribution in [2.45, 2.75) is 31.3 Å². The second-order valence-electron chi connectivity index (χ2n) is 7.70. The zero-order valence-electron chi connectivity index (χ0n) is 18.4. The van der Waals surface area contributed by atoms with Gasteiger partial charge in [0, 0.05) is 18.7 Å². The molecule has 0 aliphatic rings. The molecule has 1 atom stereocenters. The van der Waals surface area contributed by atoms with Gasteiger partial charge in [0.05, 0.1) is 10.9 Å². The molecule has 5 nitrogen and oxygen atoms in total. The van der Waals surface area contributed by atoms with E-state index < -0.39 is 10.0 Å². The maximum atomic E-state index is 13.1. The number of aryl methyl sites for hydroxylation is 1. The van der Waals surface area contributed by atoms with E-state index in [1.54, 1.807) is 54.6 Å². The smallest absolute Gasteiger partial charge is 0.251 e. The van der Waals surface area contributed by atoms with Crippen LogP contribution in [-0.2, 0) is 16.6 Å². The lowest BCUT2D eigenvalue weighted by molar-refractivity contribution is 0.0940. The van der Waals surface area contributed by atoms with Gasteiger partial charge in [-0.05, 0) is 49.2 Å². The number of rotatable bonds is 9. The predicted octanol–water partition coefficient (Wildman–Crippen LogP) is 4.86. The highest BCUT2D eigenvalue weighted by Crippen LogP contribution is 2.20. The summed E-state index contributed by atoms with van der Waals surface area (Å²) in [6.45, 7) is 7.91. The SMILES string of the molecule is C=CCN(Cc1ccc(C(=O)N[C@H](C)c2ccccc2)cc1)S(=O)(=O)c1ccc(C)cc1. The summed E-state index contributed by atoms with van der Waals surface area (Å²) in [4.78, 5) is 12.9. The van der Waals surface area contributed by atoms with E-state index in [0.29, 0.717) is 5.56 Å². The number of sulfonamides is 1. The fourth-order valence-corrected chi connectivity index (χ4v) is 4.72. The van der Waals surface area contributed by atoms with Crippen molar-refractivity contribution in [3.8, 4) is 0 Å². The second kappa shape index (κ2) is 10.4. The molecule has 1 N–H and O–H groups in total. The monoisotopic (exact) mass is 448 g/mol. The maximum Gasteiger partial charge on any atom is 0.251 e. The van der Waals surface area contributed by atoms with Crippen molar-refractivity contribution in [3.05, 3.63) is 114 Å². The van der Waals surface area contributed by atoms with E-state index in [2.05, 4.69) is 11.9 Å². The van der Waals surface area contributed by atoms with Gasteiger partial charge in [-0.2, -0.15) is 4.31 Å². The molecule has 3 aromatic rings. The molecular formula is C26H28N2O3S. The molecule has 0 aliphatic heterocycles. The third-order valence-electron chi connectivity index (χ3n) is 5.21. The highest BCUT2D eigenvalue weighted by Gasteiger charge is 2.23. The van der Waals surface area contributed by atoms with Crippen LogP contribution in [0.15, 0.2) is 96.4 Å². The molecule has 166 valence electrons. The van der Waals surface area contributed by atoms with Crippen molar-refractivity contribution >= 4 is 15.9 Å². The largest absolute Gasteiger partial charge is 0.346 e. The van der Waals surface area contributed by atoms with Gasteiger partial charge in [0.1, 0.15) is 0 Å². The minimum atomic E-state index is -3.67. The Balaban J connectivity index is 1.72. The Morgan fingerprint density at radius 3 is 2.22 bits per heavy atom. The number of hydrogen-bond donors (Lipinski definition) is 1. The topological polar surface area (TPSA) is 66.5 Å². The molecule has 0 saturated carbocycles. The summed E-state index contributed by atoms with van der Waals surface area (Å²) in [6.07, 6.45) is 1.57. The van der Waals surface area contributed by atoms with Gasteiger partial charge >= 0.3 is 0 Å². The first-order valence-electron chi connectivity index (χ1n) is 10.4. The zero-order valence-corrected chi connectivity index (χ0v) is 19.2. The summed E-state index contributed by atoms with van der Waals surface area (Å²) >= 11 is 0. The van der Waals surface area contributed by atoms with Crippen LogP contribution in [0.1, 0.15) is 40.0 Å². The van der Waals surface area contributed by atoms with Gasteiger partial charge in [0.2, 0.25) is 10.0 Å². The number of nitrogens with one attached hydrogen (secondary N) is 1. The standard InChI is InChI=1S/C26H28N2O3S/c1-4-18-28(32(30,31)25-16-10-20(2)11-17-25)19-22-12-14-24(15-13-22)26(29)27-21(3)23-8-6-5-7-9-23/h4-17,21H,1,18-19H2,2-3H3,(H,27,29)/t21-/m1/s1. The Bertz CT molecular complexity index is 1160. The molecule has 0 fully saturated rings. The van der Waals surface area contributed by atoms with E-state index in [-0.39, 0.29) is 29.9 Å². The van der Waals surface area contributed by atoms with E-state index >= 15 is 0 Å². The molecule has 6 heteroatoms. The van der Waals surface area contributed by atoms with Gasteiger partial charge in [-0.25, -0.2) is 8.42 Å². The first-order chi connectivity index (χ1) is 15.3. The molecular weight excluding hydrogens is 420 g/mol. The quantitative estimate of drug-likeness (QED) is 0.475. The van der Waals surface area contributed by atoms with Crippen LogP contribution in [0.25, 0.3) is 0 Å². The first-order valence-corrected chi connectivity index (χ1v) is 11.9. The summed E-state index contributed by atoms with van der Waals surface area (Å²) < 4.78 is 27.5. The Morgan fingerprint density at radius 1 is 1.00 bits per heavy atom. The normalized spacial score (nSPS) is 12.3. The second-order valence-corrected chi connectivity index (χ2v) is 9.64. The van der Waals surface area contributed by atoms with Gasteiger partial charge in [0.15, 0.2) is 0 Å². The Labute approximate surface area is 190 Å². The first kappa shape index (κ1) is 23.4. The van der Waals surface area contributed by atoms with Gasteiger partial charge in [-0.3, -0.25) is 4.79 Å². The van der Waals surface area contributed by atoms with Crippen molar-refractivity contribution in [2.75, 3.05) is 6.54 Å². The zero-order chi connectivity index (χ0) is 23.1. The van der Waals surface area contributed by atoms with Gasteiger partial charge in [-0.1, -0.05) is 66.2 Å². The molecule has 0 aliphatic carbocycles. The van der Waals surface area contributed by atoms with Crippen molar-refractivity contribution in [1.29, 1.82) is 0 Å². The number of carbonyl (C=O) groups excluding carboxylic acids is 1. The summed E-state index contributed by atoms with van der Waals surface area (Å²) in [7, 11) is -3.67. The number of amides is 1.